The fourth-order valence-corrected chi connectivity index (χ4v) is 11.4. The van der Waals surface area contributed by atoms with Crippen LogP contribution in [0.1, 0.15) is 22.3 Å². The summed E-state index contributed by atoms with van der Waals surface area (Å²) in [4.78, 5) is 5.26. The molecule has 0 saturated carbocycles. The SMILES string of the molecule is c1ccc(-c2cccc3c2Sc2cccc(-c4ccc5c(c4)c4ccccc4n5-c4ccccc4)c2C32c3ccccc3Sc3ccccc32)cc1. The molecule has 8 aromatic carbocycles. The molecule has 244 valence electrons. The molecular weight excluding hydrogens is 667 g/mol. The molecule has 0 bridgehead atoms. The summed E-state index contributed by atoms with van der Waals surface area (Å²) in [5.41, 5.74) is 13.5. The predicted octanol–water partition coefficient (Wildman–Crippen LogP) is 13.4. The van der Waals surface area contributed by atoms with Gasteiger partial charge in [-0.05, 0) is 93.0 Å². The summed E-state index contributed by atoms with van der Waals surface area (Å²) in [5, 5.41) is 2.53. The average molecular weight is 698 g/mol. The molecule has 2 aliphatic rings. The first kappa shape index (κ1) is 29.9. The van der Waals surface area contributed by atoms with Crippen LogP contribution in [-0.4, -0.2) is 4.57 Å². The second-order valence-corrected chi connectivity index (χ2v) is 15.7. The van der Waals surface area contributed by atoms with Crippen molar-refractivity contribution in [1.29, 1.82) is 0 Å². The van der Waals surface area contributed by atoms with Gasteiger partial charge in [0.1, 0.15) is 0 Å². The lowest BCUT2D eigenvalue weighted by Crippen LogP contribution is -2.37. The summed E-state index contributed by atoms with van der Waals surface area (Å²) in [6, 6.07) is 69.7. The Labute approximate surface area is 311 Å². The number of para-hydroxylation sites is 2. The van der Waals surface area contributed by atoms with Gasteiger partial charge in [0.05, 0.1) is 16.4 Å². The van der Waals surface area contributed by atoms with Gasteiger partial charge in [-0.1, -0.05) is 163 Å². The highest BCUT2D eigenvalue weighted by Crippen LogP contribution is 2.64. The maximum absolute atomic E-state index is 2.44. The van der Waals surface area contributed by atoms with Crippen LogP contribution in [0.25, 0.3) is 49.7 Å². The Bertz CT molecular complexity index is 2810. The van der Waals surface area contributed by atoms with E-state index in [1.807, 2.05) is 23.5 Å². The topological polar surface area (TPSA) is 4.93 Å². The largest absolute Gasteiger partial charge is 0.309 e. The van der Waals surface area contributed by atoms with Crippen LogP contribution in [0.15, 0.2) is 208 Å². The lowest BCUT2D eigenvalue weighted by molar-refractivity contribution is 0.670. The van der Waals surface area contributed by atoms with Crippen molar-refractivity contribution >= 4 is 45.3 Å². The van der Waals surface area contributed by atoms with E-state index in [1.165, 1.54) is 91.6 Å². The molecule has 0 aliphatic carbocycles. The van der Waals surface area contributed by atoms with E-state index in [9.17, 15) is 0 Å². The van der Waals surface area contributed by atoms with Gasteiger partial charge >= 0.3 is 0 Å². The molecular formula is C49H31NS2. The van der Waals surface area contributed by atoms with Gasteiger partial charge in [-0.3, -0.25) is 0 Å². The molecule has 1 nitrogen and oxygen atoms in total. The van der Waals surface area contributed by atoms with E-state index in [0.29, 0.717) is 0 Å². The van der Waals surface area contributed by atoms with Crippen LogP contribution in [0.4, 0.5) is 0 Å². The standard InChI is InChI=1S/C49H31NS2/c1-3-15-32(16-4-1)36-21-13-24-41-48(36)52-46-28-14-20-35(47(46)49(41)39-22-8-11-26-44(39)51-45-27-12-9-23-40(45)49)33-29-30-43-38(31-33)37-19-7-10-25-42(37)50(43)34-17-5-2-6-18-34/h1-31H. The Morgan fingerprint density at radius 2 is 0.981 bits per heavy atom. The van der Waals surface area contributed by atoms with E-state index in [1.54, 1.807) is 0 Å². The van der Waals surface area contributed by atoms with Crippen molar-refractivity contribution in [2.75, 3.05) is 0 Å². The van der Waals surface area contributed by atoms with Crippen LogP contribution in [0.5, 0.6) is 0 Å². The first-order valence-corrected chi connectivity index (χ1v) is 19.4. The second kappa shape index (κ2) is 11.6. The quantitative estimate of drug-likeness (QED) is 0.181. The van der Waals surface area contributed by atoms with Crippen molar-refractivity contribution in [2.45, 2.75) is 25.0 Å². The molecule has 11 rings (SSSR count). The van der Waals surface area contributed by atoms with Crippen LogP contribution in [-0.2, 0) is 5.41 Å². The van der Waals surface area contributed by atoms with E-state index < -0.39 is 5.41 Å². The third-order valence-electron chi connectivity index (χ3n) is 10.9. The van der Waals surface area contributed by atoms with Gasteiger partial charge in [-0.15, -0.1) is 0 Å². The van der Waals surface area contributed by atoms with Crippen LogP contribution < -0.4 is 0 Å². The molecule has 0 radical (unpaired) electrons. The molecule has 0 N–H and O–H groups in total. The highest BCUT2D eigenvalue weighted by molar-refractivity contribution is 8.00. The van der Waals surface area contributed by atoms with Crippen LogP contribution in [0.2, 0.25) is 0 Å². The van der Waals surface area contributed by atoms with E-state index in [0.717, 1.165) is 0 Å². The zero-order valence-corrected chi connectivity index (χ0v) is 29.8. The van der Waals surface area contributed by atoms with E-state index >= 15 is 0 Å². The van der Waals surface area contributed by atoms with Crippen molar-refractivity contribution < 1.29 is 0 Å². The van der Waals surface area contributed by atoms with Gasteiger partial charge in [-0.25, -0.2) is 0 Å². The lowest BCUT2D eigenvalue weighted by Gasteiger charge is -2.47. The summed E-state index contributed by atoms with van der Waals surface area (Å²) >= 11 is 3.82. The van der Waals surface area contributed by atoms with Crippen molar-refractivity contribution in [3.05, 3.63) is 210 Å². The second-order valence-electron chi connectivity index (χ2n) is 13.6. The number of hydrogen-bond donors (Lipinski definition) is 0. The number of benzene rings is 8. The fraction of sp³-hybridized carbons (Fsp3) is 0.0204. The average Bonchev–Trinajstić information content (AvgIpc) is 3.55. The summed E-state index contributed by atoms with van der Waals surface area (Å²) < 4.78 is 2.40. The third-order valence-corrected chi connectivity index (χ3v) is 13.3. The Morgan fingerprint density at radius 3 is 1.77 bits per heavy atom. The molecule has 3 heterocycles. The third kappa shape index (κ3) is 4.21. The highest BCUT2D eigenvalue weighted by atomic mass is 32.2. The molecule has 2 aliphatic heterocycles. The Hall–Kier alpha value is -5.74. The minimum atomic E-state index is -0.525. The van der Waals surface area contributed by atoms with Crippen LogP contribution in [0.3, 0.4) is 0 Å². The molecule has 1 aromatic heterocycles. The molecule has 0 atom stereocenters. The summed E-state index contributed by atoms with van der Waals surface area (Å²) in [7, 11) is 0. The number of fused-ring (bicyclic) bond motifs is 11. The Kier molecular flexibility index (Phi) is 6.70. The first-order chi connectivity index (χ1) is 25.8. The van der Waals surface area contributed by atoms with Crippen LogP contribution >= 0.6 is 23.5 Å². The predicted molar refractivity (Wildman–Crippen MR) is 218 cm³/mol. The molecule has 0 amide bonds. The normalized spacial score (nSPS) is 13.8. The maximum Gasteiger partial charge on any atom is 0.0751 e. The van der Waals surface area contributed by atoms with Gasteiger partial charge in [0, 0.05) is 36.0 Å². The van der Waals surface area contributed by atoms with Gasteiger partial charge in [-0.2, -0.15) is 0 Å². The Balaban J connectivity index is 1.25. The number of rotatable bonds is 3. The van der Waals surface area contributed by atoms with Gasteiger partial charge in [0.15, 0.2) is 0 Å². The molecule has 0 unspecified atom stereocenters. The maximum atomic E-state index is 2.44. The summed E-state index contributed by atoms with van der Waals surface area (Å²) in [6.07, 6.45) is 0. The minimum absolute atomic E-state index is 0.525. The molecule has 0 saturated heterocycles. The number of nitrogens with zero attached hydrogens (tertiary/aromatic N) is 1. The van der Waals surface area contributed by atoms with E-state index in [-0.39, 0.29) is 0 Å². The molecule has 52 heavy (non-hydrogen) atoms. The van der Waals surface area contributed by atoms with Gasteiger partial charge in [0.25, 0.3) is 0 Å². The van der Waals surface area contributed by atoms with Crippen molar-refractivity contribution in [1.82, 2.24) is 4.57 Å². The Morgan fingerprint density at radius 1 is 0.385 bits per heavy atom. The number of aromatic nitrogens is 1. The summed E-state index contributed by atoms with van der Waals surface area (Å²) in [6.45, 7) is 0. The monoisotopic (exact) mass is 697 g/mol. The first-order valence-electron chi connectivity index (χ1n) is 17.8. The minimum Gasteiger partial charge on any atom is -0.309 e. The number of hydrogen-bond acceptors (Lipinski definition) is 2. The molecule has 1 spiro atoms. The fourth-order valence-electron chi connectivity index (χ4n) is 8.83. The highest BCUT2D eigenvalue weighted by Gasteiger charge is 2.50. The zero-order chi connectivity index (χ0) is 34.2. The smallest absolute Gasteiger partial charge is 0.0751 e. The molecule has 9 aromatic rings. The zero-order valence-electron chi connectivity index (χ0n) is 28.2. The van der Waals surface area contributed by atoms with Crippen molar-refractivity contribution in [3.63, 3.8) is 0 Å². The van der Waals surface area contributed by atoms with E-state index in [4.69, 9.17) is 0 Å². The molecule has 3 heteroatoms. The van der Waals surface area contributed by atoms with Gasteiger partial charge < -0.3 is 4.57 Å². The van der Waals surface area contributed by atoms with Gasteiger partial charge in [0.2, 0.25) is 0 Å². The lowest BCUT2D eigenvalue weighted by atomic mass is 9.62. The van der Waals surface area contributed by atoms with Crippen LogP contribution in [0, 0.1) is 0 Å². The van der Waals surface area contributed by atoms with Crippen molar-refractivity contribution in [2.24, 2.45) is 0 Å². The summed E-state index contributed by atoms with van der Waals surface area (Å²) in [5.74, 6) is 0. The molecule has 0 fully saturated rings. The van der Waals surface area contributed by atoms with E-state index in [2.05, 4.69) is 193 Å². The van der Waals surface area contributed by atoms with Crippen molar-refractivity contribution in [3.8, 4) is 27.9 Å².